The third-order valence-corrected chi connectivity index (χ3v) is 2.81. The van der Waals surface area contributed by atoms with Crippen LogP contribution in [0.3, 0.4) is 0 Å². The Morgan fingerprint density at radius 3 is 2.62 bits per heavy atom. The minimum atomic E-state index is -4.54. The van der Waals surface area contributed by atoms with Gasteiger partial charge in [-0.2, -0.15) is 13.2 Å². The smallest absolute Gasteiger partial charge is 0.309 e. The molecule has 0 aliphatic carbocycles. The molecule has 0 spiro atoms. The van der Waals surface area contributed by atoms with Crippen molar-refractivity contribution in [2.75, 3.05) is 0 Å². The number of halogens is 4. The van der Waals surface area contributed by atoms with Gasteiger partial charge in [-0.3, -0.25) is 0 Å². The van der Waals surface area contributed by atoms with Gasteiger partial charge < -0.3 is 5.32 Å². The topological polar surface area (TPSA) is 42.7 Å². The van der Waals surface area contributed by atoms with Gasteiger partial charge in [-0.25, -0.2) is 9.07 Å². The summed E-state index contributed by atoms with van der Waals surface area (Å²) in [6.07, 6.45) is -3.16. The van der Waals surface area contributed by atoms with Crippen LogP contribution in [0, 0.1) is 5.82 Å². The van der Waals surface area contributed by atoms with E-state index in [2.05, 4.69) is 15.6 Å². The second-order valence-electron chi connectivity index (χ2n) is 4.84. The first-order chi connectivity index (χ1) is 9.79. The van der Waals surface area contributed by atoms with E-state index in [1.54, 1.807) is 0 Å². The van der Waals surface area contributed by atoms with E-state index >= 15 is 0 Å². The minimum Gasteiger partial charge on any atom is -0.309 e. The second-order valence-corrected chi connectivity index (χ2v) is 4.84. The van der Waals surface area contributed by atoms with Gasteiger partial charge in [0.1, 0.15) is 11.5 Å². The summed E-state index contributed by atoms with van der Waals surface area (Å²) < 4.78 is 53.0. The first-order valence-corrected chi connectivity index (χ1v) is 6.29. The molecule has 0 aliphatic heterocycles. The highest BCUT2D eigenvalue weighted by Crippen LogP contribution is 2.31. The molecular formula is C13H14F4N4. The first kappa shape index (κ1) is 15.4. The van der Waals surface area contributed by atoms with Crippen LogP contribution in [-0.4, -0.2) is 21.0 Å². The van der Waals surface area contributed by atoms with Crippen molar-refractivity contribution in [3.8, 4) is 5.69 Å². The third kappa shape index (κ3) is 3.57. The van der Waals surface area contributed by atoms with E-state index in [-0.39, 0.29) is 11.7 Å². The van der Waals surface area contributed by atoms with Crippen molar-refractivity contribution < 1.29 is 17.6 Å². The molecule has 1 N–H and O–H groups in total. The summed E-state index contributed by atoms with van der Waals surface area (Å²) in [4.78, 5) is 0. The molecule has 1 aromatic heterocycles. The molecule has 0 saturated heterocycles. The van der Waals surface area contributed by atoms with Gasteiger partial charge in [0.2, 0.25) is 0 Å². The summed E-state index contributed by atoms with van der Waals surface area (Å²) in [7, 11) is 0. The number of nitrogens with one attached hydrogen (secondary N) is 1. The minimum absolute atomic E-state index is 0.166. The Morgan fingerprint density at radius 1 is 1.29 bits per heavy atom. The second kappa shape index (κ2) is 5.80. The molecule has 0 atom stereocenters. The van der Waals surface area contributed by atoms with E-state index in [0.717, 1.165) is 16.8 Å². The standard InChI is InChI=1S/C13H14F4N4/c1-8(2)18-6-10-7-19-20-21(10)12-5-9(13(15,16)17)3-4-11(12)14/h3-5,7-8,18H,6H2,1-2H3. The monoisotopic (exact) mass is 302 g/mol. The molecule has 0 fully saturated rings. The van der Waals surface area contributed by atoms with E-state index in [1.165, 1.54) is 6.20 Å². The Kier molecular flexibility index (Phi) is 4.26. The highest BCUT2D eigenvalue weighted by molar-refractivity contribution is 5.38. The summed E-state index contributed by atoms with van der Waals surface area (Å²) in [5, 5.41) is 10.4. The Morgan fingerprint density at radius 2 is 2.00 bits per heavy atom. The summed E-state index contributed by atoms with van der Waals surface area (Å²) in [5.74, 6) is -0.792. The first-order valence-electron chi connectivity index (χ1n) is 6.29. The molecule has 114 valence electrons. The third-order valence-electron chi connectivity index (χ3n) is 2.81. The molecule has 0 radical (unpaired) electrons. The van der Waals surface area contributed by atoms with Gasteiger partial charge in [0.25, 0.3) is 0 Å². The van der Waals surface area contributed by atoms with Gasteiger partial charge in [-0.1, -0.05) is 19.1 Å². The van der Waals surface area contributed by atoms with Gasteiger partial charge in [-0.15, -0.1) is 5.10 Å². The number of nitrogens with zero attached hydrogens (tertiary/aromatic N) is 3. The number of rotatable bonds is 4. The van der Waals surface area contributed by atoms with Crippen LogP contribution in [0.2, 0.25) is 0 Å². The Balaban J connectivity index is 2.40. The molecule has 2 rings (SSSR count). The SMILES string of the molecule is CC(C)NCc1cnnn1-c1cc(C(F)(F)F)ccc1F. The van der Waals surface area contributed by atoms with Crippen LogP contribution in [0.1, 0.15) is 25.1 Å². The van der Waals surface area contributed by atoms with Crippen LogP contribution in [0.5, 0.6) is 0 Å². The van der Waals surface area contributed by atoms with Crippen molar-refractivity contribution in [2.24, 2.45) is 0 Å². The van der Waals surface area contributed by atoms with Crippen molar-refractivity contribution in [1.82, 2.24) is 20.3 Å². The molecule has 1 heterocycles. The highest BCUT2D eigenvalue weighted by Gasteiger charge is 2.31. The maximum absolute atomic E-state index is 13.8. The fourth-order valence-corrected chi connectivity index (χ4v) is 1.74. The van der Waals surface area contributed by atoms with Crippen molar-refractivity contribution >= 4 is 0 Å². The largest absolute Gasteiger partial charge is 0.416 e. The Labute approximate surface area is 118 Å². The summed E-state index contributed by atoms with van der Waals surface area (Å²) in [5.41, 5.74) is -0.734. The van der Waals surface area contributed by atoms with Gasteiger partial charge in [-0.05, 0) is 18.2 Å². The Bertz CT molecular complexity index is 619. The molecule has 8 heteroatoms. The molecule has 2 aromatic rings. The molecule has 0 unspecified atom stereocenters. The number of hydrogen-bond donors (Lipinski definition) is 1. The molecule has 21 heavy (non-hydrogen) atoms. The predicted molar refractivity (Wildman–Crippen MR) is 68.3 cm³/mol. The molecule has 0 saturated carbocycles. The van der Waals surface area contributed by atoms with E-state index in [1.807, 2.05) is 13.8 Å². The van der Waals surface area contributed by atoms with Gasteiger partial charge >= 0.3 is 6.18 Å². The molecular weight excluding hydrogens is 288 g/mol. The van der Waals surface area contributed by atoms with Gasteiger partial charge in [0.05, 0.1) is 17.5 Å². The summed E-state index contributed by atoms with van der Waals surface area (Å²) in [6.45, 7) is 4.15. The molecule has 0 aliphatic rings. The zero-order valence-electron chi connectivity index (χ0n) is 11.4. The zero-order chi connectivity index (χ0) is 15.6. The average molecular weight is 302 g/mol. The lowest BCUT2D eigenvalue weighted by atomic mass is 10.2. The molecule has 0 bridgehead atoms. The number of hydrogen-bond acceptors (Lipinski definition) is 3. The quantitative estimate of drug-likeness (QED) is 0.883. The van der Waals surface area contributed by atoms with Crippen LogP contribution in [0.4, 0.5) is 17.6 Å². The van der Waals surface area contributed by atoms with E-state index in [0.29, 0.717) is 18.3 Å². The van der Waals surface area contributed by atoms with E-state index in [9.17, 15) is 17.6 Å². The van der Waals surface area contributed by atoms with Crippen LogP contribution in [0.15, 0.2) is 24.4 Å². The fourth-order valence-electron chi connectivity index (χ4n) is 1.74. The van der Waals surface area contributed by atoms with Crippen LogP contribution in [0.25, 0.3) is 5.69 Å². The van der Waals surface area contributed by atoms with Crippen molar-refractivity contribution in [2.45, 2.75) is 32.6 Å². The van der Waals surface area contributed by atoms with Gasteiger partial charge in [0, 0.05) is 12.6 Å². The highest BCUT2D eigenvalue weighted by atomic mass is 19.4. The summed E-state index contributed by atoms with van der Waals surface area (Å²) >= 11 is 0. The molecule has 4 nitrogen and oxygen atoms in total. The van der Waals surface area contributed by atoms with Crippen LogP contribution in [-0.2, 0) is 12.7 Å². The normalized spacial score (nSPS) is 12.1. The lowest BCUT2D eigenvalue weighted by Crippen LogP contribution is -2.23. The van der Waals surface area contributed by atoms with E-state index < -0.39 is 17.6 Å². The van der Waals surface area contributed by atoms with Crippen LogP contribution >= 0.6 is 0 Å². The molecule has 0 amide bonds. The maximum Gasteiger partial charge on any atom is 0.416 e. The molecule has 1 aromatic carbocycles. The lowest BCUT2D eigenvalue weighted by Gasteiger charge is -2.12. The fraction of sp³-hybridized carbons (Fsp3) is 0.385. The van der Waals surface area contributed by atoms with Gasteiger partial charge in [0.15, 0.2) is 0 Å². The number of aromatic nitrogens is 3. The van der Waals surface area contributed by atoms with Crippen molar-refractivity contribution in [3.63, 3.8) is 0 Å². The Hall–Kier alpha value is -1.96. The summed E-state index contributed by atoms with van der Waals surface area (Å²) in [6, 6.07) is 2.36. The average Bonchev–Trinajstić information content (AvgIpc) is 2.83. The van der Waals surface area contributed by atoms with Crippen LogP contribution < -0.4 is 5.32 Å². The predicted octanol–water partition coefficient (Wildman–Crippen LogP) is 2.92. The number of alkyl halides is 3. The lowest BCUT2D eigenvalue weighted by molar-refractivity contribution is -0.137. The zero-order valence-corrected chi connectivity index (χ0v) is 11.4. The maximum atomic E-state index is 13.8. The van der Waals surface area contributed by atoms with Crippen molar-refractivity contribution in [1.29, 1.82) is 0 Å². The number of benzene rings is 1. The van der Waals surface area contributed by atoms with Crippen molar-refractivity contribution in [3.05, 3.63) is 41.5 Å². The van der Waals surface area contributed by atoms with E-state index in [4.69, 9.17) is 0 Å².